The number of fused-ring (bicyclic) bond motifs is 4. The van der Waals surface area contributed by atoms with E-state index in [2.05, 4.69) is 11.1 Å². The zero-order chi connectivity index (χ0) is 24.6. The third-order valence-corrected chi connectivity index (χ3v) is 10.5. The van der Waals surface area contributed by atoms with E-state index >= 15 is 0 Å². The first kappa shape index (κ1) is 24.1. The molecule has 3 aromatic heterocycles. The van der Waals surface area contributed by atoms with E-state index in [4.69, 9.17) is 9.47 Å². The molecule has 3 aliphatic rings. The third-order valence-electron chi connectivity index (χ3n) is 7.63. The minimum Gasteiger partial charge on any atom is -0.470 e. The lowest BCUT2D eigenvalue weighted by molar-refractivity contribution is -0.946. The highest BCUT2D eigenvalue weighted by molar-refractivity contribution is 7.20. The molecular weight excluding hydrogens is 513 g/mol. The van der Waals surface area contributed by atoms with E-state index in [1.807, 2.05) is 53.2 Å². The molecule has 1 N–H and O–H groups in total. The topological polar surface area (TPSA) is 68.7 Å². The summed E-state index contributed by atoms with van der Waals surface area (Å²) >= 11 is 4.34. The Hall–Kier alpha value is -2.30. The lowest BCUT2D eigenvalue weighted by Gasteiger charge is -2.52. The highest BCUT2D eigenvalue weighted by Gasteiger charge is 2.51. The molecule has 0 radical (unpaired) electrons. The summed E-state index contributed by atoms with van der Waals surface area (Å²) in [5, 5.41) is 16.1. The molecule has 188 valence electrons. The van der Waals surface area contributed by atoms with Crippen LogP contribution in [0.5, 0.6) is 5.19 Å². The average Bonchev–Trinajstić information content (AvgIpc) is 3.68. The van der Waals surface area contributed by atoms with Crippen molar-refractivity contribution >= 4 is 50.2 Å². The van der Waals surface area contributed by atoms with Gasteiger partial charge in [0.2, 0.25) is 5.60 Å². The van der Waals surface area contributed by atoms with E-state index in [0.29, 0.717) is 22.3 Å². The first-order chi connectivity index (χ1) is 17.6. The maximum Gasteiger partial charge on any atom is 0.349 e. The summed E-state index contributed by atoms with van der Waals surface area (Å²) in [6, 6.07) is 15.4. The fraction of sp³-hybridized carbons (Fsp3) is 0.407. The number of thiazole rings is 1. The lowest BCUT2D eigenvalue weighted by atomic mass is 9.83. The number of nitrogens with zero attached hydrogens (tertiary/aromatic N) is 2. The van der Waals surface area contributed by atoms with E-state index in [0.717, 1.165) is 65.3 Å². The number of carbonyl (C=O) groups is 1. The molecule has 36 heavy (non-hydrogen) atoms. The Morgan fingerprint density at radius 2 is 1.78 bits per heavy atom. The van der Waals surface area contributed by atoms with Crippen molar-refractivity contribution in [2.24, 2.45) is 5.92 Å². The zero-order valence-electron chi connectivity index (χ0n) is 19.9. The molecule has 0 spiro atoms. The highest BCUT2D eigenvalue weighted by atomic mass is 32.1. The van der Waals surface area contributed by atoms with Gasteiger partial charge in [-0.2, -0.15) is 0 Å². The van der Waals surface area contributed by atoms with Gasteiger partial charge in [0.05, 0.1) is 46.2 Å². The zero-order valence-corrected chi connectivity index (χ0v) is 22.3. The van der Waals surface area contributed by atoms with Crippen molar-refractivity contribution in [2.45, 2.75) is 31.0 Å². The Morgan fingerprint density at radius 3 is 2.44 bits per heavy atom. The summed E-state index contributed by atoms with van der Waals surface area (Å²) < 4.78 is 14.2. The van der Waals surface area contributed by atoms with Gasteiger partial charge in [0, 0.05) is 25.2 Å². The molecule has 0 aliphatic carbocycles. The standard InChI is InChI=1S/C27H29N2O4S3/c30-25(27(31,23-8-3-16-34-23)24-9-4-17-35-24)33-21-18-29(13-10-19(21)11-14-29)12-5-15-32-26-28-20-6-1-2-7-22(20)36-26/h1-4,6-9,16-17,19,21,31H,5,10-15,18H2/q+1/t19?,21-,29?/m0/s1. The monoisotopic (exact) mass is 541 g/mol. The van der Waals surface area contributed by atoms with E-state index in [1.165, 1.54) is 22.7 Å². The number of ether oxygens (including phenoxy) is 2. The summed E-state index contributed by atoms with van der Waals surface area (Å²) in [5.74, 6) is -0.188. The van der Waals surface area contributed by atoms with Gasteiger partial charge in [0.1, 0.15) is 6.54 Å². The Bertz CT molecular complexity index is 1240. The molecule has 3 aliphatic heterocycles. The minimum absolute atomic E-state index is 0.170. The van der Waals surface area contributed by atoms with Crippen LogP contribution >= 0.6 is 34.0 Å². The molecule has 2 bridgehead atoms. The van der Waals surface area contributed by atoms with Gasteiger partial charge >= 0.3 is 5.97 Å². The van der Waals surface area contributed by atoms with Gasteiger partial charge in [-0.3, -0.25) is 0 Å². The summed E-state index contributed by atoms with van der Waals surface area (Å²) in [5.41, 5.74) is -0.767. The number of para-hydroxylation sites is 1. The molecule has 3 saturated heterocycles. The smallest absolute Gasteiger partial charge is 0.349 e. The van der Waals surface area contributed by atoms with Crippen LogP contribution in [0.2, 0.25) is 0 Å². The Kier molecular flexibility index (Phi) is 6.60. The van der Waals surface area contributed by atoms with Gasteiger partial charge in [-0.1, -0.05) is 35.6 Å². The van der Waals surface area contributed by atoms with E-state index in [-0.39, 0.29) is 6.10 Å². The fourth-order valence-electron chi connectivity index (χ4n) is 5.66. The first-order valence-electron chi connectivity index (χ1n) is 12.4. The molecule has 6 nitrogen and oxygen atoms in total. The molecular formula is C27H29N2O4S3+. The number of thiophene rings is 2. The number of benzene rings is 1. The second-order valence-corrected chi connectivity index (χ2v) is 12.7. The number of rotatable bonds is 9. The van der Waals surface area contributed by atoms with Crippen LogP contribution in [0.3, 0.4) is 0 Å². The fourth-order valence-corrected chi connectivity index (χ4v) is 8.21. The normalized spacial score (nSPS) is 23.7. The summed E-state index contributed by atoms with van der Waals surface area (Å²) in [4.78, 5) is 19.3. The van der Waals surface area contributed by atoms with Gasteiger partial charge in [-0.15, -0.1) is 22.7 Å². The summed E-state index contributed by atoms with van der Waals surface area (Å²) in [6.07, 6.45) is 2.85. The molecule has 1 aromatic carbocycles. The first-order valence-corrected chi connectivity index (χ1v) is 15.0. The predicted molar refractivity (Wildman–Crippen MR) is 144 cm³/mol. The number of aromatic nitrogens is 1. The minimum atomic E-state index is -1.75. The molecule has 0 amide bonds. The summed E-state index contributed by atoms with van der Waals surface area (Å²) in [7, 11) is 0. The van der Waals surface area contributed by atoms with Crippen molar-refractivity contribution in [3.8, 4) is 5.19 Å². The third kappa shape index (κ3) is 4.48. The molecule has 9 heteroatoms. The maximum absolute atomic E-state index is 13.5. The van der Waals surface area contributed by atoms with E-state index < -0.39 is 11.6 Å². The second kappa shape index (κ2) is 9.87. The van der Waals surface area contributed by atoms with Crippen LogP contribution < -0.4 is 4.74 Å². The van der Waals surface area contributed by atoms with Crippen molar-refractivity contribution in [2.75, 3.05) is 32.8 Å². The van der Waals surface area contributed by atoms with Gasteiger partial charge < -0.3 is 19.1 Å². The van der Waals surface area contributed by atoms with Crippen LogP contribution in [-0.2, 0) is 15.1 Å². The van der Waals surface area contributed by atoms with Crippen molar-refractivity contribution in [1.82, 2.24) is 4.98 Å². The van der Waals surface area contributed by atoms with Gasteiger partial charge in [-0.05, 0) is 35.0 Å². The largest absolute Gasteiger partial charge is 0.470 e. The van der Waals surface area contributed by atoms with Crippen LogP contribution in [0, 0.1) is 5.92 Å². The van der Waals surface area contributed by atoms with Crippen molar-refractivity contribution in [3.05, 3.63) is 69.0 Å². The Morgan fingerprint density at radius 1 is 1.06 bits per heavy atom. The second-order valence-electron chi connectivity index (χ2n) is 9.79. The molecule has 1 atom stereocenters. The van der Waals surface area contributed by atoms with Crippen LogP contribution in [-0.4, -0.2) is 59.4 Å². The Labute approximate surface area is 222 Å². The Balaban J connectivity index is 1.09. The molecule has 0 unspecified atom stereocenters. The maximum atomic E-state index is 13.5. The van der Waals surface area contributed by atoms with Crippen molar-refractivity contribution in [1.29, 1.82) is 0 Å². The van der Waals surface area contributed by atoms with Crippen LogP contribution in [0.1, 0.15) is 29.0 Å². The highest BCUT2D eigenvalue weighted by Crippen LogP contribution is 2.40. The number of esters is 1. The average molecular weight is 542 g/mol. The van der Waals surface area contributed by atoms with Crippen molar-refractivity contribution in [3.63, 3.8) is 0 Å². The molecule has 3 fully saturated rings. The van der Waals surface area contributed by atoms with Crippen LogP contribution in [0.25, 0.3) is 10.2 Å². The number of hydrogen-bond donors (Lipinski definition) is 1. The number of piperidine rings is 3. The SMILES string of the molecule is O=C(O[C@H]1C[N+]2(CCCOc3nc4ccccc4s3)CCC1CC2)C(O)(c1cccs1)c1cccs1. The van der Waals surface area contributed by atoms with Crippen molar-refractivity contribution < 1.29 is 23.9 Å². The molecule has 7 rings (SSSR count). The number of quaternary nitrogens is 1. The number of hydrogen-bond acceptors (Lipinski definition) is 8. The number of carbonyl (C=O) groups excluding carboxylic acids is 1. The van der Waals surface area contributed by atoms with Crippen LogP contribution in [0.15, 0.2) is 59.3 Å². The quantitative estimate of drug-likeness (QED) is 0.178. The van der Waals surface area contributed by atoms with Gasteiger partial charge in [0.15, 0.2) is 6.10 Å². The lowest BCUT2D eigenvalue weighted by Crippen LogP contribution is -2.65. The van der Waals surface area contributed by atoms with E-state index in [1.54, 1.807) is 11.3 Å². The molecule has 4 aromatic rings. The van der Waals surface area contributed by atoms with Gasteiger partial charge in [0.25, 0.3) is 5.19 Å². The van der Waals surface area contributed by atoms with Crippen LogP contribution in [0.4, 0.5) is 0 Å². The molecule has 0 saturated carbocycles. The molecule has 6 heterocycles. The summed E-state index contributed by atoms with van der Waals surface area (Å²) in [6.45, 7) is 4.65. The predicted octanol–water partition coefficient (Wildman–Crippen LogP) is 5.28. The number of aliphatic hydroxyl groups is 1. The van der Waals surface area contributed by atoms with Gasteiger partial charge in [-0.25, -0.2) is 9.78 Å². The van der Waals surface area contributed by atoms with E-state index in [9.17, 15) is 9.90 Å².